The Morgan fingerprint density at radius 3 is 1.82 bits per heavy atom. The number of carboxylic acid groups (broad SMARTS) is 2. The van der Waals surface area contributed by atoms with E-state index in [0.717, 1.165) is 37.9 Å². The fourth-order valence-corrected chi connectivity index (χ4v) is 3.39. The number of aliphatic carboxylic acids is 2. The van der Waals surface area contributed by atoms with Gasteiger partial charge in [0.05, 0.1) is 0 Å². The molecule has 1 saturated heterocycles. The standard InChI is InChI=1S/C14H21FN2.C7H13NO.2C2HF3O2/c15-14-6-2-1-5-12(14)11-13(16)7-10-17-8-3-4-9-17;1-2-8-7(9)6-4-3-5-6;2*3-2(4,5)1(6)7/h1-2,5-6,13H,3-4,7-11,16H2;6H,2-5H2,1H3,(H,8,9);2*(H,6,7). The Morgan fingerprint density at radius 2 is 1.45 bits per heavy atom. The van der Waals surface area contributed by atoms with Crippen molar-refractivity contribution in [2.75, 3.05) is 26.2 Å². The highest BCUT2D eigenvalue weighted by atomic mass is 19.4. The van der Waals surface area contributed by atoms with Gasteiger partial charge >= 0.3 is 24.3 Å². The predicted molar refractivity (Wildman–Crippen MR) is 132 cm³/mol. The first-order valence-electron chi connectivity index (χ1n) is 12.6. The Kier molecular flexibility index (Phi) is 17.1. The Balaban J connectivity index is 0.000000560. The van der Waals surface area contributed by atoms with Gasteiger partial charge in [-0.1, -0.05) is 24.6 Å². The molecule has 1 amide bonds. The van der Waals surface area contributed by atoms with Crippen LogP contribution in [0.1, 0.15) is 51.0 Å². The van der Waals surface area contributed by atoms with Gasteiger partial charge < -0.3 is 26.2 Å². The number of hydrogen-bond donors (Lipinski definition) is 4. The average molecular weight is 592 g/mol. The van der Waals surface area contributed by atoms with Crippen molar-refractivity contribution in [1.29, 1.82) is 0 Å². The quantitative estimate of drug-likeness (QED) is 0.346. The second-order valence-electron chi connectivity index (χ2n) is 9.02. The molecule has 2 fully saturated rings. The average Bonchev–Trinajstić information content (AvgIpc) is 3.32. The summed E-state index contributed by atoms with van der Waals surface area (Å²) in [5, 5.41) is 17.1. The molecule has 0 spiro atoms. The van der Waals surface area contributed by atoms with Crippen LogP contribution in [0.4, 0.5) is 30.7 Å². The lowest BCUT2D eigenvalue weighted by atomic mass is 9.85. The van der Waals surface area contributed by atoms with Crippen LogP contribution < -0.4 is 11.1 Å². The summed E-state index contributed by atoms with van der Waals surface area (Å²) in [6, 6.07) is 6.97. The minimum absolute atomic E-state index is 0.0625. The van der Waals surface area contributed by atoms with Crippen molar-refractivity contribution in [3.8, 4) is 0 Å². The monoisotopic (exact) mass is 591 g/mol. The molecule has 1 aliphatic heterocycles. The van der Waals surface area contributed by atoms with Crippen LogP contribution in [0.15, 0.2) is 24.3 Å². The molecule has 0 bridgehead atoms. The summed E-state index contributed by atoms with van der Waals surface area (Å²) in [6.45, 7) is 6.18. The molecule has 1 aliphatic carbocycles. The van der Waals surface area contributed by atoms with Gasteiger partial charge in [0.15, 0.2) is 0 Å². The lowest BCUT2D eigenvalue weighted by Gasteiger charge is -2.23. The van der Waals surface area contributed by atoms with Crippen LogP contribution in [0.5, 0.6) is 0 Å². The molecule has 1 unspecified atom stereocenters. The van der Waals surface area contributed by atoms with Gasteiger partial charge in [-0.25, -0.2) is 14.0 Å². The number of carboxylic acids is 2. The molecule has 1 atom stereocenters. The maximum Gasteiger partial charge on any atom is 0.490 e. The molecule has 1 heterocycles. The number of nitrogens with two attached hydrogens (primary N) is 1. The number of alkyl halides is 6. The number of nitrogens with one attached hydrogen (secondary N) is 1. The fourth-order valence-electron chi connectivity index (χ4n) is 3.39. The molecule has 3 rings (SSSR count). The highest BCUT2D eigenvalue weighted by molar-refractivity contribution is 5.79. The summed E-state index contributed by atoms with van der Waals surface area (Å²) in [6.07, 6.45) is -2.51. The number of carbonyl (C=O) groups excluding carboxylic acids is 1. The number of benzene rings is 1. The lowest BCUT2D eigenvalue weighted by molar-refractivity contribution is -0.193. The Labute approximate surface area is 227 Å². The molecule has 1 aromatic carbocycles. The third kappa shape index (κ3) is 16.9. The van der Waals surface area contributed by atoms with E-state index >= 15 is 0 Å². The highest BCUT2D eigenvalue weighted by Crippen LogP contribution is 2.25. The molecule has 15 heteroatoms. The van der Waals surface area contributed by atoms with E-state index in [2.05, 4.69) is 10.2 Å². The van der Waals surface area contributed by atoms with Gasteiger partial charge in [-0.3, -0.25) is 4.79 Å². The lowest BCUT2D eigenvalue weighted by Crippen LogP contribution is -2.34. The third-order valence-electron chi connectivity index (χ3n) is 5.77. The van der Waals surface area contributed by atoms with Crippen LogP contribution in [0.3, 0.4) is 0 Å². The highest BCUT2D eigenvalue weighted by Gasteiger charge is 2.38. The first kappa shape index (κ1) is 37.1. The summed E-state index contributed by atoms with van der Waals surface area (Å²) in [5.74, 6) is -5.04. The van der Waals surface area contributed by atoms with Crippen LogP contribution in [-0.2, 0) is 20.8 Å². The number of hydrogen-bond acceptors (Lipinski definition) is 5. The maximum absolute atomic E-state index is 13.4. The zero-order valence-corrected chi connectivity index (χ0v) is 22.0. The van der Waals surface area contributed by atoms with Crippen molar-refractivity contribution in [2.24, 2.45) is 11.7 Å². The summed E-state index contributed by atoms with van der Waals surface area (Å²) < 4.78 is 76.9. The first-order chi connectivity index (χ1) is 18.5. The van der Waals surface area contributed by atoms with Crippen molar-refractivity contribution >= 4 is 17.8 Å². The van der Waals surface area contributed by atoms with Gasteiger partial charge in [-0.05, 0) is 76.7 Å². The van der Waals surface area contributed by atoms with Gasteiger partial charge in [0, 0.05) is 18.5 Å². The van der Waals surface area contributed by atoms with Crippen molar-refractivity contribution < 1.29 is 55.3 Å². The third-order valence-corrected chi connectivity index (χ3v) is 5.77. The van der Waals surface area contributed by atoms with Crippen molar-refractivity contribution in [3.05, 3.63) is 35.6 Å². The Bertz CT molecular complexity index is 880. The van der Waals surface area contributed by atoms with Crippen LogP contribution in [0, 0.1) is 11.7 Å². The van der Waals surface area contributed by atoms with Crippen molar-refractivity contribution in [2.45, 2.75) is 70.3 Å². The van der Waals surface area contributed by atoms with Crippen LogP contribution in [0.25, 0.3) is 0 Å². The molecule has 40 heavy (non-hydrogen) atoms. The van der Waals surface area contributed by atoms with E-state index in [1.54, 1.807) is 6.07 Å². The van der Waals surface area contributed by atoms with E-state index < -0.39 is 24.3 Å². The Morgan fingerprint density at radius 1 is 0.975 bits per heavy atom. The summed E-state index contributed by atoms with van der Waals surface area (Å²) in [5.41, 5.74) is 6.80. The molecule has 5 N–H and O–H groups in total. The summed E-state index contributed by atoms with van der Waals surface area (Å²) in [7, 11) is 0. The van der Waals surface area contributed by atoms with Crippen LogP contribution >= 0.6 is 0 Å². The zero-order valence-electron chi connectivity index (χ0n) is 22.0. The molecule has 2 aliphatic rings. The topological polar surface area (TPSA) is 133 Å². The number of nitrogens with zero attached hydrogens (tertiary/aromatic N) is 1. The number of rotatable bonds is 7. The van der Waals surface area contributed by atoms with E-state index in [0.29, 0.717) is 12.3 Å². The van der Waals surface area contributed by atoms with Gasteiger partial charge in [-0.2, -0.15) is 26.3 Å². The minimum atomic E-state index is -5.08. The van der Waals surface area contributed by atoms with Gasteiger partial charge in [0.2, 0.25) is 5.91 Å². The minimum Gasteiger partial charge on any atom is -0.475 e. The molecule has 0 aromatic heterocycles. The fraction of sp³-hybridized carbons (Fsp3) is 0.640. The molecule has 1 aromatic rings. The van der Waals surface area contributed by atoms with E-state index in [4.69, 9.17) is 25.5 Å². The number of amides is 1. The largest absolute Gasteiger partial charge is 0.490 e. The van der Waals surface area contributed by atoms with Gasteiger partial charge in [-0.15, -0.1) is 0 Å². The molecule has 230 valence electrons. The maximum atomic E-state index is 13.4. The van der Waals surface area contributed by atoms with E-state index in [1.165, 1.54) is 38.4 Å². The Hall–Kier alpha value is -2.94. The van der Waals surface area contributed by atoms with Crippen molar-refractivity contribution in [1.82, 2.24) is 10.2 Å². The summed E-state index contributed by atoms with van der Waals surface area (Å²) >= 11 is 0. The molecular formula is C25H36F7N3O5. The van der Waals surface area contributed by atoms with Gasteiger partial charge in [0.25, 0.3) is 0 Å². The van der Waals surface area contributed by atoms with E-state index in [9.17, 15) is 35.5 Å². The smallest absolute Gasteiger partial charge is 0.475 e. The summed E-state index contributed by atoms with van der Waals surface area (Å²) in [4.78, 5) is 31.2. The van der Waals surface area contributed by atoms with Crippen LogP contribution in [0.2, 0.25) is 0 Å². The second-order valence-corrected chi connectivity index (χ2v) is 9.02. The van der Waals surface area contributed by atoms with Crippen molar-refractivity contribution in [3.63, 3.8) is 0 Å². The predicted octanol–water partition coefficient (Wildman–Crippen LogP) is 4.37. The first-order valence-corrected chi connectivity index (χ1v) is 12.6. The molecule has 8 nitrogen and oxygen atoms in total. The normalized spacial score (nSPS) is 16.0. The van der Waals surface area contributed by atoms with Gasteiger partial charge in [0.1, 0.15) is 5.82 Å². The SMILES string of the molecule is CCNC(=O)C1CCC1.NC(CCN1CCCC1)Cc1ccccc1F.O=C(O)C(F)(F)F.O=C(O)C(F)(F)F. The molecule has 1 saturated carbocycles. The second kappa shape index (κ2) is 18.4. The van der Waals surface area contributed by atoms with E-state index in [1.807, 2.05) is 19.1 Å². The number of likely N-dealkylation sites (tertiary alicyclic amines) is 1. The van der Waals surface area contributed by atoms with E-state index in [-0.39, 0.29) is 17.8 Å². The number of halogens is 7. The number of carbonyl (C=O) groups is 3. The molecule has 0 radical (unpaired) electrons. The molecular weight excluding hydrogens is 555 g/mol. The van der Waals surface area contributed by atoms with Crippen LogP contribution in [-0.4, -0.2) is 77.5 Å². The zero-order chi connectivity index (χ0) is 30.9.